The van der Waals surface area contributed by atoms with Crippen LogP contribution in [0.5, 0.6) is 0 Å². The van der Waals surface area contributed by atoms with Gasteiger partial charge >= 0.3 is 0 Å². The Balaban J connectivity index is 1.29. The zero-order chi connectivity index (χ0) is 22.4. The Morgan fingerprint density at radius 3 is 2.38 bits per heavy atom. The smallest absolute Gasteiger partial charge is 0.262 e. The van der Waals surface area contributed by atoms with Crippen molar-refractivity contribution >= 4 is 35.0 Å². The SMILES string of the molecule is O=C1c2cc(Cl)c(Cl)cc2C(=O)N1CN1CCC[C@H](c2nc(-c3ccc(F)cc3)no2)C1. The normalized spacial score (nSPS) is 19.0. The van der Waals surface area contributed by atoms with Gasteiger partial charge in [-0.15, -0.1) is 0 Å². The Bertz CT molecular complexity index is 1170. The molecule has 1 saturated heterocycles. The fourth-order valence-corrected chi connectivity index (χ4v) is 4.44. The highest BCUT2D eigenvalue weighted by atomic mass is 35.5. The van der Waals surface area contributed by atoms with Crippen molar-refractivity contribution in [2.24, 2.45) is 0 Å². The van der Waals surface area contributed by atoms with Gasteiger partial charge in [-0.1, -0.05) is 28.4 Å². The third kappa shape index (κ3) is 3.79. The lowest BCUT2D eigenvalue weighted by Gasteiger charge is -2.33. The maximum atomic E-state index is 13.2. The fraction of sp³-hybridized carbons (Fsp3) is 0.273. The number of aromatic nitrogens is 2. The van der Waals surface area contributed by atoms with Crippen molar-refractivity contribution in [3.05, 3.63) is 69.3 Å². The topological polar surface area (TPSA) is 79.5 Å². The molecule has 2 aliphatic rings. The molecule has 2 aliphatic heterocycles. The van der Waals surface area contributed by atoms with Crippen LogP contribution in [0.4, 0.5) is 4.39 Å². The molecule has 2 amide bonds. The lowest BCUT2D eigenvalue weighted by Crippen LogP contribution is -2.45. The van der Waals surface area contributed by atoms with Crippen molar-refractivity contribution in [1.82, 2.24) is 19.9 Å². The van der Waals surface area contributed by atoms with Gasteiger partial charge in [0.2, 0.25) is 11.7 Å². The van der Waals surface area contributed by atoms with E-state index in [0.29, 0.717) is 23.8 Å². The highest BCUT2D eigenvalue weighted by molar-refractivity contribution is 6.43. The summed E-state index contributed by atoms with van der Waals surface area (Å²) in [5.74, 6) is -0.270. The highest BCUT2D eigenvalue weighted by Gasteiger charge is 2.38. The standard InChI is InChI=1S/C22H17Cl2FN4O3/c23-17-8-15-16(9-18(17)24)22(31)29(21(15)30)11-28-7-1-2-13(10-28)20-26-19(27-32-20)12-3-5-14(25)6-4-12/h3-6,8-9,13H,1-2,7,10-11H2/t13-/m0/s1. The number of hydrogen-bond acceptors (Lipinski definition) is 6. The first-order valence-electron chi connectivity index (χ1n) is 10.1. The molecule has 0 bridgehead atoms. The number of fused-ring (bicyclic) bond motifs is 1. The van der Waals surface area contributed by atoms with E-state index in [1.54, 1.807) is 12.1 Å². The summed E-state index contributed by atoms with van der Waals surface area (Å²) in [6.45, 7) is 1.43. The average Bonchev–Trinajstić information content (AvgIpc) is 3.36. The largest absolute Gasteiger partial charge is 0.339 e. The second-order valence-electron chi connectivity index (χ2n) is 7.87. The first-order valence-corrected chi connectivity index (χ1v) is 10.8. The van der Waals surface area contributed by atoms with Gasteiger partial charge in [-0.2, -0.15) is 4.98 Å². The minimum absolute atomic E-state index is 0.0375. The number of nitrogens with zero attached hydrogens (tertiary/aromatic N) is 4. The summed E-state index contributed by atoms with van der Waals surface area (Å²) in [5.41, 5.74) is 1.19. The Labute approximate surface area is 192 Å². The lowest BCUT2D eigenvalue weighted by atomic mass is 9.98. The molecule has 1 aromatic heterocycles. The van der Waals surface area contributed by atoms with Gasteiger partial charge in [-0.05, 0) is 55.8 Å². The van der Waals surface area contributed by atoms with Crippen LogP contribution < -0.4 is 0 Å². The molecule has 0 N–H and O–H groups in total. The molecule has 1 atom stereocenters. The number of amides is 2. The minimum atomic E-state index is -0.387. The van der Waals surface area contributed by atoms with Gasteiger partial charge in [0.25, 0.3) is 11.8 Å². The molecule has 32 heavy (non-hydrogen) atoms. The van der Waals surface area contributed by atoms with E-state index >= 15 is 0 Å². The molecule has 0 aliphatic carbocycles. The van der Waals surface area contributed by atoms with Gasteiger partial charge in [0.1, 0.15) is 5.82 Å². The molecular weight excluding hydrogens is 458 g/mol. The number of hydrogen-bond donors (Lipinski definition) is 0. The number of rotatable bonds is 4. The number of benzene rings is 2. The van der Waals surface area contributed by atoms with E-state index in [9.17, 15) is 14.0 Å². The molecule has 1 fully saturated rings. The third-order valence-corrected chi connectivity index (χ3v) is 6.47. The highest BCUT2D eigenvalue weighted by Crippen LogP contribution is 2.33. The van der Waals surface area contributed by atoms with Gasteiger partial charge in [0.15, 0.2) is 0 Å². The van der Waals surface area contributed by atoms with Gasteiger partial charge in [-0.3, -0.25) is 19.4 Å². The number of carbonyl (C=O) groups excluding carboxylic acids is 2. The molecule has 10 heteroatoms. The number of carbonyl (C=O) groups is 2. The van der Waals surface area contributed by atoms with Crippen LogP contribution >= 0.6 is 23.2 Å². The average molecular weight is 475 g/mol. The lowest BCUT2D eigenvalue weighted by molar-refractivity contribution is 0.0499. The number of imide groups is 1. The van der Waals surface area contributed by atoms with Crippen LogP contribution in [0.25, 0.3) is 11.4 Å². The van der Waals surface area contributed by atoms with Crippen LogP contribution in [0, 0.1) is 5.82 Å². The van der Waals surface area contributed by atoms with E-state index in [1.807, 2.05) is 4.90 Å². The van der Waals surface area contributed by atoms with Crippen molar-refractivity contribution in [3.63, 3.8) is 0 Å². The first-order chi connectivity index (χ1) is 15.4. The van der Waals surface area contributed by atoms with Crippen molar-refractivity contribution in [2.45, 2.75) is 18.8 Å². The van der Waals surface area contributed by atoms with E-state index in [2.05, 4.69) is 10.1 Å². The Morgan fingerprint density at radius 2 is 1.72 bits per heavy atom. The molecule has 0 radical (unpaired) electrons. The first kappa shape index (κ1) is 21.1. The fourth-order valence-electron chi connectivity index (χ4n) is 4.11. The van der Waals surface area contributed by atoms with Crippen molar-refractivity contribution in [2.75, 3.05) is 19.8 Å². The number of likely N-dealkylation sites (tertiary alicyclic amines) is 1. The molecule has 0 saturated carbocycles. The van der Waals surface area contributed by atoms with E-state index < -0.39 is 0 Å². The summed E-state index contributed by atoms with van der Waals surface area (Å²) in [7, 11) is 0. The monoisotopic (exact) mass is 474 g/mol. The zero-order valence-corrected chi connectivity index (χ0v) is 18.2. The summed E-state index contributed by atoms with van der Waals surface area (Å²) < 4.78 is 18.6. The van der Waals surface area contributed by atoms with Crippen LogP contribution in [-0.4, -0.2) is 51.5 Å². The van der Waals surface area contributed by atoms with Crippen LogP contribution in [0.2, 0.25) is 10.0 Å². The van der Waals surface area contributed by atoms with Crippen molar-refractivity contribution < 1.29 is 18.5 Å². The van der Waals surface area contributed by atoms with Crippen LogP contribution in [-0.2, 0) is 0 Å². The summed E-state index contributed by atoms with van der Waals surface area (Å²) in [6, 6.07) is 8.75. The minimum Gasteiger partial charge on any atom is -0.339 e. The maximum absolute atomic E-state index is 13.2. The molecule has 164 valence electrons. The molecule has 0 spiro atoms. The quantitative estimate of drug-likeness (QED) is 0.513. The van der Waals surface area contributed by atoms with Crippen LogP contribution in [0.15, 0.2) is 40.9 Å². The third-order valence-electron chi connectivity index (χ3n) is 5.75. The molecule has 5 rings (SSSR count). The Hall–Kier alpha value is -2.81. The van der Waals surface area contributed by atoms with E-state index in [0.717, 1.165) is 19.4 Å². The Kier molecular flexibility index (Phi) is 5.44. The summed E-state index contributed by atoms with van der Waals surface area (Å²) >= 11 is 12.0. The number of piperidine rings is 1. The summed E-state index contributed by atoms with van der Waals surface area (Å²) in [4.78, 5) is 33.3. The van der Waals surface area contributed by atoms with E-state index in [1.165, 1.54) is 29.2 Å². The molecule has 3 aromatic rings. The molecule has 2 aromatic carbocycles. The molecule has 0 unspecified atom stereocenters. The van der Waals surface area contributed by atoms with Crippen LogP contribution in [0.3, 0.4) is 0 Å². The van der Waals surface area contributed by atoms with Gasteiger partial charge < -0.3 is 4.52 Å². The molecular formula is C22H17Cl2FN4O3. The summed E-state index contributed by atoms with van der Waals surface area (Å²) in [6.07, 6.45) is 1.69. The molecule has 7 nitrogen and oxygen atoms in total. The van der Waals surface area contributed by atoms with E-state index in [-0.39, 0.29) is 51.4 Å². The zero-order valence-electron chi connectivity index (χ0n) is 16.7. The second kappa shape index (κ2) is 8.27. The second-order valence-corrected chi connectivity index (χ2v) is 8.69. The predicted octanol–water partition coefficient (Wildman–Crippen LogP) is 4.62. The molecule has 3 heterocycles. The van der Waals surface area contributed by atoms with Gasteiger partial charge in [0.05, 0.1) is 33.8 Å². The summed E-state index contributed by atoms with van der Waals surface area (Å²) in [5, 5.41) is 4.49. The van der Waals surface area contributed by atoms with Crippen molar-refractivity contribution in [1.29, 1.82) is 0 Å². The Morgan fingerprint density at radius 1 is 1.06 bits per heavy atom. The predicted molar refractivity (Wildman–Crippen MR) is 115 cm³/mol. The van der Waals surface area contributed by atoms with Crippen molar-refractivity contribution in [3.8, 4) is 11.4 Å². The van der Waals surface area contributed by atoms with Gasteiger partial charge in [-0.25, -0.2) is 4.39 Å². The maximum Gasteiger partial charge on any atom is 0.262 e. The van der Waals surface area contributed by atoms with Crippen LogP contribution in [0.1, 0.15) is 45.4 Å². The number of halogens is 3. The van der Waals surface area contributed by atoms with E-state index in [4.69, 9.17) is 27.7 Å². The van der Waals surface area contributed by atoms with Gasteiger partial charge in [0, 0.05) is 12.1 Å².